The van der Waals surface area contributed by atoms with Gasteiger partial charge in [-0.15, -0.1) is 0 Å². The van der Waals surface area contributed by atoms with E-state index in [1.54, 1.807) is 26.5 Å². The van der Waals surface area contributed by atoms with Gasteiger partial charge in [0.15, 0.2) is 0 Å². The summed E-state index contributed by atoms with van der Waals surface area (Å²) in [5.41, 5.74) is 4.29. The fourth-order valence-electron chi connectivity index (χ4n) is 2.76. The molecule has 26 heavy (non-hydrogen) atoms. The van der Waals surface area contributed by atoms with E-state index in [-0.39, 0.29) is 12.3 Å². The van der Waals surface area contributed by atoms with Crippen LogP contribution in [0.4, 0.5) is 0 Å². The van der Waals surface area contributed by atoms with Crippen LogP contribution in [0.25, 0.3) is 10.8 Å². The second kappa shape index (κ2) is 8.16. The summed E-state index contributed by atoms with van der Waals surface area (Å²) < 4.78 is 10.5. The number of rotatable bonds is 6. The Labute approximate surface area is 152 Å². The molecule has 0 heterocycles. The molecule has 0 atom stereocenters. The number of hydrogen-bond donors (Lipinski definition) is 1. The minimum Gasteiger partial charge on any atom is -0.497 e. The van der Waals surface area contributed by atoms with E-state index in [0.717, 1.165) is 21.9 Å². The average Bonchev–Trinajstić information content (AvgIpc) is 2.68. The second-order valence-electron chi connectivity index (χ2n) is 5.72. The fourth-order valence-corrected chi connectivity index (χ4v) is 2.76. The van der Waals surface area contributed by atoms with Crippen LogP contribution in [0.3, 0.4) is 0 Å². The number of amides is 1. The first kappa shape index (κ1) is 17.5. The molecule has 0 bridgehead atoms. The Hall–Kier alpha value is -3.34. The number of carbonyl (C=O) groups is 1. The van der Waals surface area contributed by atoms with Gasteiger partial charge in [-0.1, -0.05) is 42.5 Å². The molecule has 132 valence electrons. The third-order valence-electron chi connectivity index (χ3n) is 4.06. The molecule has 5 heteroatoms. The van der Waals surface area contributed by atoms with E-state index < -0.39 is 0 Å². The van der Waals surface area contributed by atoms with Gasteiger partial charge in [-0.25, -0.2) is 5.43 Å². The average molecular weight is 348 g/mol. The van der Waals surface area contributed by atoms with Crippen molar-refractivity contribution in [2.75, 3.05) is 14.2 Å². The Morgan fingerprint density at radius 1 is 1.04 bits per heavy atom. The lowest BCUT2D eigenvalue weighted by molar-refractivity contribution is -0.120. The van der Waals surface area contributed by atoms with Gasteiger partial charge in [-0.2, -0.15) is 5.10 Å². The van der Waals surface area contributed by atoms with Gasteiger partial charge in [0.2, 0.25) is 5.91 Å². The van der Waals surface area contributed by atoms with Gasteiger partial charge in [0.25, 0.3) is 0 Å². The van der Waals surface area contributed by atoms with Gasteiger partial charge in [-0.05, 0) is 28.5 Å². The lowest BCUT2D eigenvalue weighted by Gasteiger charge is -2.07. The number of hydrazone groups is 1. The quantitative estimate of drug-likeness (QED) is 0.547. The van der Waals surface area contributed by atoms with Crippen molar-refractivity contribution in [1.29, 1.82) is 0 Å². The first-order valence-corrected chi connectivity index (χ1v) is 8.22. The van der Waals surface area contributed by atoms with Crippen molar-refractivity contribution < 1.29 is 14.3 Å². The summed E-state index contributed by atoms with van der Waals surface area (Å²) in [4.78, 5) is 12.2. The van der Waals surface area contributed by atoms with E-state index in [1.165, 1.54) is 0 Å². The van der Waals surface area contributed by atoms with E-state index in [4.69, 9.17) is 9.47 Å². The lowest BCUT2D eigenvalue weighted by atomic mass is 10.0. The Kier molecular flexibility index (Phi) is 5.49. The first-order chi connectivity index (χ1) is 12.7. The molecule has 3 aromatic rings. The number of ether oxygens (including phenoxy) is 2. The Morgan fingerprint density at radius 3 is 2.65 bits per heavy atom. The maximum absolute atomic E-state index is 12.2. The molecule has 3 rings (SSSR count). The van der Waals surface area contributed by atoms with Crippen molar-refractivity contribution in [1.82, 2.24) is 5.43 Å². The van der Waals surface area contributed by atoms with Crippen LogP contribution < -0.4 is 14.9 Å². The summed E-state index contributed by atoms with van der Waals surface area (Å²) in [6, 6.07) is 19.3. The van der Waals surface area contributed by atoms with Gasteiger partial charge in [-0.3, -0.25) is 4.79 Å². The van der Waals surface area contributed by atoms with Crippen LogP contribution in [0, 0.1) is 0 Å². The number of hydrogen-bond acceptors (Lipinski definition) is 4. The summed E-state index contributed by atoms with van der Waals surface area (Å²) in [6.45, 7) is 0. The summed E-state index contributed by atoms with van der Waals surface area (Å²) in [5, 5.41) is 6.23. The highest BCUT2D eigenvalue weighted by Crippen LogP contribution is 2.23. The smallest absolute Gasteiger partial charge is 0.244 e. The Morgan fingerprint density at radius 2 is 1.85 bits per heavy atom. The highest BCUT2D eigenvalue weighted by Gasteiger charge is 2.06. The van der Waals surface area contributed by atoms with Gasteiger partial charge in [0, 0.05) is 11.6 Å². The zero-order chi connectivity index (χ0) is 18.4. The van der Waals surface area contributed by atoms with E-state index in [2.05, 4.69) is 10.5 Å². The molecule has 0 fully saturated rings. The maximum Gasteiger partial charge on any atom is 0.244 e. The zero-order valence-corrected chi connectivity index (χ0v) is 14.7. The molecule has 0 unspecified atom stereocenters. The van der Waals surface area contributed by atoms with Crippen LogP contribution in [0.5, 0.6) is 11.5 Å². The predicted octanol–water partition coefficient (Wildman–Crippen LogP) is 3.55. The van der Waals surface area contributed by atoms with E-state index in [1.807, 2.05) is 54.6 Å². The normalized spacial score (nSPS) is 10.8. The summed E-state index contributed by atoms with van der Waals surface area (Å²) in [6.07, 6.45) is 1.82. The standard InChI is InChI=1S/C21H20N2O3/c1-25-18-11-10-17(20(13-18)26-2)14-22-23-21(24)12-16-8-5-7-15-6-3-4-9-19(15)16/h3-11,13-14H,12H2,1-2H3,(H,23,24)/b22-14+. The van der Waals surface area contributed by atoms with Crippen molar-refractivity contribution in [2.24, 2.45) is 5.10 Å². The third kappa shape index (κ3) is 4.00. The SMILES string of the molecule is COc1ccc(/C=N/NC(=O)Cc2cccc3ccccc23)c(OC)c1. The molecule has 0 aliphatic rings. The highest BCUT2D eigenvalue weighted by atomic mass is 16.5. The molecule has 0 aromatic heterocycles. The minimum absolute atomic E-state index is 0.176. The molecular weight excluding hydrogens is 328 g/mol. The molecular formula is C21H20N2O3. The van der Waals surface area contributed by atoms with E-state index >= 15 is 0 Å². The van der Waals surface area contributed by atoms with Crippen LogP contribution in [0.2, 0.25) is 0 Å². The number of nitrogens with one attached hydrogen (secondary N) is 1. The van der Waals surface area contributed by atoms with Crippen molar-refractivity contribution in [2.45, 2.75) is 6.42 Å². The Balaban J connectivity index is 1.68. The minimum atomic E-state index is -0.176. The van der Waals surface area contributed by atoms with Crippen molar-refractivity contribution in [3.05, 3.63) is 71.8 Å². The maximum atomic E-state index is 12.2. The molecule has 0 saturated carbocycles. The van der Waals surface area contributed by atoms with E-state index in [0.29, 0.717) is 11.5 Å². The molecule has 1 amide bonds. The number of fused-ring (bicyclic) bond motifs is 1. The lowest BCUT2D eigenvalue weighted by Crippen LogP contribution is -2.19. The highest BCUT2D eigenvalue weighted by molar-refractivity contribution is 5.91. The van der Waals surface area contributed by atoms with Crippen LogP contribution in [0.1, 0.15) is 11.1 Å². The van der Waals surface area contributed by atoms with Crippen molar-refractivity contribution >= 4 is 22.9 Å². The third-order valence-corrected chi connectivity index (χ3v) is 4.06. The Bertz CT molecular complexity index is 946. The topological polar surface area (TPSA) is 59.9 Å². The monoisotopic (exact) mass is 348 g/mol. The summed E-state index contributed by atoms with van der Waals surface area (Å²) in [5.74, 6) is 1.14. The first-order valence-electron chi connectivity index (χ1n) is 8.22. The van der Waals surface area contributed by atoms with Gasteiger partial charge in [0.05, 0.1) is 26.9 Å². The molecule has 0 aliphatic carbocycles. The molecule has 0 spiro atoms. The molecule has 1 N–H and O–H groups in total. The number of methoxy groups -OCH3 is 2. The zero-order valence-electron chi connectivity index (χ0n) is 14.7. The molecule has 3 aromatic carbocycles. The number of nitrogens with zero attached hydrogens (tertiary/aromatic N) is 1. The van der Waals surface area contributed by atoms with E-state index in [9.17, 15) is 4.79 Å². The van der Waals surface area contributed by atoms with Crippen molar-refractivity contribution in [3.8, 4) is 11.5 Å². The van der Waals surface area contributed by atoms with Crippen LogP contribution in [-0.4, -0.2) is 26.3 Å². The predicted molar refractivity (Wildman–Crippen MR) is 103 cm³/mol. The molecule has 0 saturated heterocycles. The largest absolute Gasteiger partial charge is 0.497 e. The molecule has 0 radical (unpaired) electrons. The van der Waals surface area contributed by atoms with Crippen molar-refractivity contribution in [3.63, 3.8) is 0 Å². The van der Waals surface area contributed by atoms with Crippen LogP contribution in [0.15, 0.2) is 65.8 Å². The van der Waals surface area contributed by atoms with Crippen LogP contribution in [-0.2, 0) is 11.2 Å². The number of carbonyl (C=O) groups excluding carboxylic acids is 1. The second-order valence-corrected chi connectivity index (χ2v) is 5.72. The fraction of sp³-hybridized carbons (Fsp3) is 0.143. The molecule has 5 nitrogen and oxygen atoms in total. The van der Waals surface area contributed by atoms with Gasteiger partial charge in [0.1, 0.15) is 11.5 Å². The summed E-state index contributed by atoms with van der Waals surface area (Å²) >= 11 is 0. The van der Waals surface area contributed by atoms with Crippen LogP contribution >= 0.6 is 0 Å². The van der Waals surface area contributed by atoms with Gasteiger partial charge < -0.3 is 9.47 Å². The van der Waals surface area contributed by atoms with Gasteiger partial charge >= 0.3 is 0 Å². The molecule has 0 aliphatic heterocycles. The number of benzene rings is 3. The summed E-state index contributed by atoms with van der Waals surface area (Å²) in [7, 11) is 3.17.